The standard InChI is InChI=1S/C15H17F2N3O4S/c1-2-19-7-11(6-18-19)12-9-25(22,23)4-3-20(12)15(21)10-5-13(14(16)17)24-8-10/h5-8,12,14H,2-4,9H2,1H3. The Morgan fingerprint density at radius 1 is 1.48 bits per heavy atom. The highest BCUT2D eigenvalue weighted by Crippen LogP contribution is 2.29. The second-order valence-corrected chi connectivity index (χ2v) is 8.03. The number of amides is 1. The molecule has 1 saturated heterocycles. The first-order valence-corrected chi connectivity index (χ1v) is 9.53. The Morgan fingerprint density at radius 3 is 2.84 bits per heavy atom. The summed E-state index contributed by atoms with van der Waals surface area (Å²) in [6, 6.07) is 0.277. The Morgan fingerprint density at radius 2 is 2.24 bits per heavy atom. The fourth-order valence-corrected chi connectivity index (χ4v) is 4.29. The van der Waals surface area contributed by atoms with E-state index in [9.17, 15) is 22.0 Å². The lowest BCUT2D eigenvalue weighted by atomic mass is 10.1. The first-order valence-electron chi connectivity index (χ1n) is 7.71. The highest BCUT2D eigenvalue weighted by atomic mass is 32.2. The van der Waals surface area contributed by atoms with Crippen molar-refractivity contribution in [2.24, 2.45) is 0 Å². The first-order chi connectivity index (χ1) is 11.8. The van der Waals surface area contributed by atoms with Crippen molar-refractivity contribution in [1.29, 1.82) is 0 Å². The van der Waals surface area contributed by atoms with Crippen molar-refractivity contribution in [2.75, 3.05) is 18.1 Å². The second-order valence-electron chi connectivity index (χ2n) is 5.80. The Bertz CT molecular complexity index is 875. The number of nitrogens with zero attached hydrogens (tertiary/aromatic N) is 3. The lowest BCUT2D eigenvalue weighted by Crippen LogP contribution is -2.46. The van der Waals surface area contributed by atoms with E-state index in [2.05, 4.69) is 5.10 Å². The molecule has 2 aromatic rings. The molecule has 0 aliphatic carbocycles. The van der Waals surface area contributed by atoms with E-state index in [1.807, 2.05) is 6.92 Å². The molecule has 0 N–H and O–H groups in total. The van der Waals surface area contributed by atoms with E-state index in [0.717, 1.165) is 12.3 Å². The van der Waals surface area contributed by atoms with Crippen LogP contribution >= 0.6 is 0 Å². The van der Waals surface area contributed by atoms with Gasteiger partial charge in [-0.25, -0.2) is 17.2 Å². The van der Waals surface area contributed by atoms with Crippen molar-refractivity contribution >= 4 is 15.7 Å². The molecule has 1 aliphatic rings. The monoisotopic (exact) mass is 373 g/mol. The number of aryl methyl sites for hydroxylation is 1. The molecule has 0 spiro atoms. The van der Waals surface area contributed by atoms with Crippen LogP contribution in [0.1, 0.15) is 41.1 Å². The van der Waals surface area contributed by atoms with Gasteiger partial charge < -0.3 is 9.32 Å². The fourth-order valence-electron chi connectivity index (χ4n) is 2.80. The Kier molecular flexibility index (Phi) is 4.63. The fraction of sp³-hybridized carbons (Fsp3) is 0.467. The maximum Gasteiger partial charge on any atom is 0.295 e. The molecule has 1 unspecified atom stereocenters. The van der Waals surface area contributed by atoms with Crippen LogP contribution in [0.3, 0.4) is 0 Å². The van der Waals surface area contributed by atoms with Gasteiger partial charge in [-0.3, -0.25) is 9.48 Å². The van der Waals surface area contributed by atoms with Gasteiger partial charge in [0.25, 0.3) is 12.3 Å². The average molecular weight is 373 g/mol. The minimum atomic E-state index is -3.31. The zero-order valence-electron chi connectivity index (χ0n) is 13.4. The Balaban J connectivity index is 1.92. The number of sulfone groups is 1. The summed E-state index contributed by atoms with van der Waals surface area (Å²) in [5, 5.41) is 4.12. The van der Waals surface area contributed by atoms with E-state index >= 15 is 0 Å². The van der Waals surface area contributed by atoms with Crippen LogP contribution in [0.25, 0.3) is 0 Å². The normalized spacial score (nSPS) is 20.2. The van der Waals surface area contributed by atoms with Crippen molar-refractivity contribution in [3.05, 3.63) is 41.6 Å². The van der Waals surface area contributed by atoms with Crippen molar-refractivity contribution < 1.29 is 26.4 Å². The molecule has 2 aromatic heterocycles. The molecule has 3 heterocycles. The number of hydrogen-bond donors (Lipinski definition) is 0. The van der Waals surface area contributed by atoms with E-state index in [1.165, 1.54) is 11.1 Å². The summed E-state index contributed by atoms with van der Waals surface area (Å²) in [5.74, 6) is -1.53. The van der Waals surface area contributed by atoms with Crippen molar-refractivity contribution in [1.82, 2.24) is 14.7 Å². The van der Waals surface area contributed by atoms with Gasteiger partial charge >= 0.3 is 0 Å². The van der Waals surface area contributed by atoms with Crippen molar-refractivity contribution in [3.8, 4) is 0 Å². The van der Waals surface area contributed by atoms with Crippen LogP contribution in [0.15, 0.2) is 29.1 Å². The summed E-state index contributed by atoms with van der Waals surface area (Å²) in [6.07, 6.45) is 1.36. The molecule has 136 valence electrons. The largest absolute Gasteiger partial charge is 0.462 e. The molecule has 0 radical (unpaired) electrons. The average Bonchev–Trinajstić information content (AvgIpc) is 3.23. The number of carbonyl (C=O) groups is 1. The Hall–Kier alpha value is -2.23. The highest BCUT2D eigenvalue weighted by molar-refractivity contribution is 7.91. The van der Waals surface area contributed by atoms with Crippen LogP contribution in [0.5, 0.6) is 0 Å². The molecule has 1 fully saturated rings. The third kappa shape index (κ3) is 3.58. The first kappa shape index (κ1) is 17.6. The third-order valence-corrected chi connectivity index (χ3v) is 5.76. The zero-order chi connectivity index (χ0) is 18.2. The van der Waals surface area contributed by atoms with Crippen LogP contribution in [-0.4, -0.2) is 47.1 Å². The van der Waals surface area contributed by atoms with Gasteiger partial charge in [-0.1, -0.05) is 0 Å². The highest BCUT2D eigenvalue weighted by Gasteiger charge is 2.36. The molecule has 1 amide bonds. The smallest absolute Gasteiger partial charge is 0.295 e. The van der Waals surface area contributed by atoms with Crippen LogP contribution in [0, 0.1) is 0 Å². The molecule has 0 saturated carbocycles. The number of halogens is 2. The van der Waals surface area contributed by atoms with Crippen LogP contribution in [0.4, 0.5) is 8.78 Å². The van der Waals surface area contributed by atoms with Crippen LogP contribution in [0.2, 0.25) is 0 Å². The quantitative estimate of drug-likeness (QED) is 0.819. The Labute approximate surface area is 143 Å². The molecule has 10 heteroatoms. The van der Waals surface area contributed by atoms with Crippen LogP contribution < -0.4 is 0 Å². The molecule has 1 aliphatic heterocycles. The maximum atomic E-state index is 12.7. The number of aromatic nitrogens is 2. The summed E-state index contributed by atoms with van der Waals surface area (Å²) in [7, 11) is -3.31. The van der Waals surface area contributed by atoms with E-state index in [1.54, 1.807) is 10.9 Å². The number of alkyl halides is 2. The summed E-state index contributed by atoms with van der Waals surface area (Å²) < 4.78 is 55.7. The summed E-state index contributed by atoms with van der Waals surface area (Å²) >= 11 is 0. The SMILES string of the molecule is CCn1cc(C2CS(=O)(=O)CCN2C(=O)c2coc(C(F)F)c2)cn1. The summed E-state index contributed by atoms with van der Waals surface area (Å²) in [5.41, 5.74) is 0.568. The van der Waals surface area contributed by atoms with Gasteiger partial charge in [0.15, 0.2) is 15.6 Å². The molecule has 0 bridgehead atoms. The topological polar surface area (TPSA) is 85.4 Å². The van der Waals surface area contributed by atoms with E-state index < -0.39 is 34.0 Å². The zero-order valence-corrected chi connectivity index (χ0v) is 14.2. The molecule has 0 aromatic carbocycles. The molecule has 1 atom stereocenters. The van der Waals surface area contributed by atoms with Gasteiger partial charge in [0.05, 0.1) is 29.3 Å². The molecular weight excluding hydrogens is 356 g/mol. The second kappa shape index (κ2) is 6.58. The van der Waals surface area contributed by atoms with Crippen molar-refractivity contribution in [3.63, 3.8) is 0 Å². The van der Waals surface area contributed by atoms with Gasteiger partial charge in [-0.05, 0) is 13.0 Å². The summed E-state index contributed by atoms with van der Waals surface area (Å²) in [6.45, 7) is 2.47. The van der Waals surface area contributed by atoms with Gasteiger partial charge in [-0.2, -0.15) is 5.10 Å². The predicted octanol–water partition coefficient (Wildman–Crippen LogP) is 2.05. The van der Waals surface area contributed by atoms with Crippen molar-refractivity contribution in [2.45, 2.75) is 25.9 Å². The van der Waals surface area contributed by atoms with Gasteiger partial charge in [0.1, 0.15) is 6.26 Å². The lowest BCUT2D eigenvalue weighted by Gasteiger charge is -2.34. The predicted molar refractivity (Wildman–Crippen MR) is 84.0 cm³/mol. The molecule has 25 heavy (non-hydrogen) atoms. The number of furan rings is 1. The minimum Gasteiger partial charge on any atom is -0.462 e. The van der Waals surface area contributed by atoms with Crippen LogP contribution in [-0.2, 0) is 16.4 Å². The lowest BCUT2D eigenvalue weighted by molar-refractivity contribution is 0.0696. The number of hydrogen-bond acceptors (Lipinski definition) is 5. The van der Waals surface area contributed by atoms with Gasteiger partial charge in [0.2, 0.25) is 0 Å². The van der Waals surface area contributed by atoms with E-state index in [0.29, 0.717) is 12.1 Å². The third-order valence-electron chi connectivity index (χ3n) is 4.14. The van der Waals surface area contributed by atoms with E-state index in [4.69, 9.17) is 4.42 Å². The maximum absolute atomic E-state index is 12.7. The number of carbonyl (C=O) groups excluding carboxylic acids is 1. The number of rotatable bonds is 4. The summed E-state index contributed by atoms with van der Waals surface area (Å²) in [4.78, 5) is 14.1. The minimum absolute atomic E-state index is 0.0155. The van der Waals surface area contributed by atoms with Gasteiger partial charge in [0, 0.05) is 24.8 Å². The van der Waals surface area contributed by atoms with E-state index in [-0.39, 0.29) is 23.6 Å². The molecule has 3 rings (SSSR count). The molecule has 7 nitrogen and oxygen atoms in total. The van der Waals surface area contributed by atoms with Gasteiger partial charge in [-0.15, -0.1) is 0 Å². The molecular formula is C15H17F2N3O4S.